The molecule has 0 unspecified atom stereocenters. The van der Waals surface area contributed by atoms with Crippen molar-refractivity contribution in [1.82, 2.24) is 9.29 Å². The van der Waals surface area contributed by atoms with E-state index in [2.05, 4.69) is 15.0 Å². The maximum absolute atomic E-state index is 12.8. The smallest absolute Gasteiger partial charge is 0.350 e. The number of sulfonamides is 1. The van der Waals surface area contributed by atoms with Crippen LogP contribution in [0.4, 0.5) is 5.13 Å². The van der Waals surface area contributed by atoms with Crippen molar-refractivity contribution in [2.45, 2.75) is 24.7 Å². The quantitative estimate of drug-likeness (QED) is 0.558. The van der Waals surface area contributed by atoms with E-state index < -0.39 is 21.9 Å². The van der Waals surface area contributed by atoms with E-state index in [0.29, 0.717) is 5.69 Å². The third-order valence-corrected chi connectivity index (χ3v) is 7.05. The average Bonchev–Trinajstić information content (AvgIpc) is 3.13. The highest BCUT2D eigenvalue weighted by Gasteiger charge is 2.24. The maximum Gasteiger partial charge on any atom is 0.350 e. The van der Waals surface area contributed by atoms with Crippen LogP contribution in [0.5, 0.6) is 0 Å². The first kappa shape index (κ1) is 24.0. The van der Waals surface area contributed by atoms with Crippen LogP contribution >= 0.6 is 11.3 Å². The van der Waals surface area contributed by atoms with E-state index in [1.165, 1.54) is 31.4 Å². The van der Waals surface area contributed by atoms with Crippen LogP contribution in [-0.4, -0.2) is 49.8 Å². The van der Waals surface area contributed by atoms with Crippen molar-refractivity contribution in [2.75, 3.05) is 25.5 Å². The number of amides is 1. The summed E-state index contributed by atoms with van der Waals surface area (Å²) in [6.45, 7) is 1.55. The van der Waals surface area contributed by atoms with Gasteiger partial charge in [-0.25, -0.2) is 18.2 Å². The highest BCUT2D eigenvalue weighted by Crippen LogP contribution is 2.24. The van der Waals surface area contributed by atoms with Gasteiger partial charge in [-0.05, 0) is 31.2 Å². The van der Waals surface area contributed by atoms with Crippen molar-refractivity contribution in [3.05, 3.63) is 40.4 Å². The first-order chi connectivity index (χ1) is 14.7. The van der Waals surface area contributed by atoms with Crippen LogP contribution in [0.3, 0.4) is 0 Å². The Balaban J connectivity index is 2.18. The Hall–Kier alpha value is -3.32. The molecular weight excluding hydrogens is 442 g/mol. The number of nitrogens with zero attached hydrogens (tertiary/aromatic N) is 4. The minimum absolute atomic E-state index is 0.00800. The lowest BCUT2D eigenvalue weighted by Gasteiger charge is -2.20. The molecule has 1 N–H and O–H groups in total. The van der Waals surface area contributed by atoms with Gasteiger partial charge in [-0.3, -0.25) is 10.1 Å². The number of esters is 1. The summed E-state index contributed by atoms with van der Waals surface area (Å²) in [5.41, 5.74) is 0.607. The zero-order valence-electron chi connectivity index (χ0n) is 16.8. The third kappa shape index (κ3) is 5.86. The molecule has 1 amide bonds. The first-order valence-electron chi connectivity index (χ1n) is 8.95. The molecular formula is C19H19N5O5S2. The SMILES string of the molecule is COC(=O)c1sc(NC(=O)c2ccc(S(=O)(=O)N(CCC#N)CCC#N)cc2)nc1C. The van der Waals surface area contributed by atoms with Crippen molar-refractivity contribution in [1.29, 1.82) is 10.5 Å². The van der Waals surface area contributed by atoms with Gasteiger partial charge < -0.3 is 4.74 Å². The molecule has 0 spiro atoms. The van der Waals surface area contributed by atoms with Crippen molar-refractivity contribution in [3.8, 4) is 12.1 Å². The second-order valence-corrected chi connectivity index (χ2v) is 9.06. The minimum Gasteiger partial charge on any atom is -0.465 e. The molecule has 2 rings (SSSR count). The zero-order chi connectivity index (χ0) is 23.0. The maximum atomic E-state index is 12.8. The molecule has 0 saturated carbocycles. The van der Waals surface area contributed by atoms with E-state index in [4.69, 9.17) is 10.5 Å². The van der Waals surface area contributed by atoms with Crippen LogP contribution in [0.15, 0.2) is 29.2 Å². The molecule has 1 heterocycles. The molecule has 162 valence electrons. The van der Waals surface area contributed by atoms with Crippen LogP contribution < -0.4 is 5.32 Å². The van der Waals surface area contributed by atoms with Crippen molar-refractivity contribution < 1.29 is 22.7 Å². The fourth-order valence-electron chi connectivity index (χ4n) is 2.53. The van der Waals surface area contributed by atoms with E-state index in [1.54, 1.807) is 6.92 Å². The first-order valence-corrected chi connectivity index (χ1v) is 11.2. The number of carbonyl (C=O) groups is 2. The third-order valence-electron chi connectivity index (χ3n) is 4.09. The number of benzene rings is 1. The highest BCUT2D eigenvalue weighted by molar-refractivity contribution is 7.89. The van der Waals surface area contributed by atoms with Crippen molar-refractivity contribution in [3.63, 3.8) is 0 Å². The number of thiazole rings is 1. The molecule has 1 aromatic carbocycles. The van der Waals surface area contributed by atoms with E-state index >= 15 is 0 Å². The Bertz CT molecular complexity index is 1130. The lowest BCUT2D eigenvalue weighted by molar-refractivity contribution is 0.0605. The molecule has 1 aromatic heterocycles. The Kier molecular flexibility index (Phi) is 8.22. The molecule has 0 bridgehead atoms. The largest absolute Gasteiger partial charge is 0.465 e. The summed E-state index contributed by atoms with van der Waals surface area (Å²) in [5, 5.41) is 20.3. The number of nitriles is 2. The van der Waals surface area contributed by atoms with Crippen molar-refractivity contribution >= 4 is 38.4 Å². The van der Waals surface area contributed by atoms with Crippen LogP contribution in [0.2, 0.25) is 0 Å². The highest BCUT2D eigenvalue weighted by atomic mass is 32.2. The average molecular weight is 462 g/mol. The molecule has 0 fully saturated rings. The Morgan fingerprint density at radius 2 is 1.74 bits per heavy atom. The number of rotatable bonds is 9. The fourth-order valence-corrected chi connectivity index (χ4v) is 4.85. The number of nitrogens with one attached hydrogen (secondary N) is 1. The van der Waals surface area contributed by atoms with E-state index in [9.17, 15) is 18.0 Å². The zero-order valence-corrected chi connectivity index (χ0v) is 18.4. The summed E-state index contributed by atoms with van der Waals surface area (Å²) in [4.78, 5) is 28.4. The van der Waals surface area contributed by atoms with Crippen LogP contribution in [0.1, 0.15) is 38.6 Å². The van der Waals surface area contributed by atoms with Gasteiger partial charge in [0, 0.05) is 31.5 Å². The minimum atomic E-state index is -3.92. The predicted octanol–water partition coefficient (Wildman–Crippen LogP) is 2.31. The van der Waals surface area contributed by atoms with Crippen LogP contribution in [0.25, 0.3) is 0 Å². The lowest BCUT2D eigenvalue weighted by Crippen LogP contribution is -2.32. The Morgan fingerprint density at radius 3 is 2.26 bits per heavy atom. The number of anilines is 1. The number of ether oxygens (including phenoxy) is 1. The molecule has 0 radical (unpaired) electrons. The van der Waals surface area contributed by atoms with Crippen LogP contribution in [-0.2, 0) is 14.8 Å². The van der Waals surface area contributed by atoms with Crippen LogP contribution in [0, 0.1) is 29.6 Å². The summed E-state index contributed by atoms with van der Waals surface area (Å²) in [6.07, 6.45) is -0.0160. The molecule has 10 nitrogen and oxygen atoms in total. The number of methoxy groups -OCH3 is 1. The van der Waals surface area contributed by atoms with Gasteiger partial charge in [0.2, 0.25) is 10.0 Å². The van der Waals surface area contributed by atoms with Gasteiger partial charge in [0.05, 0.1) is 29.8 Å². The normalized spacial score (nSPS) is 10.9. The standard InChI is InChI=1S/C19H19N5O5S2/c1-13-16(18(26)29-2)30-19(22-13)23-17(25)14-5-7-15(8-6-14)31(27,28)24(11-3-9-20)12-4-10-21/h5-8H,3-4,11-12H2,1-2H3,(H,22,23,25). The number of hydrogen-bond donors (Lipinski definition) is 1. The summed E-state index contributed by atoms with van der Waals surface area (Å²) in [6, 6.07) is 9.02. The van der Waals surface area contributed by atoms with E-state index in [1.807, 2.05) is 12.1 Å². The molecule has 0 aliphatic heterocycles. The summed E-state index contributed by atoms with van der Waals surface area (Å²) in [7, 11) is -2.68. The number of carbonyl (C=O) groups excluding carboxylic acids is 2. The molecule has 0 aliphatic carbocycles. The Labute approximate surface area is 183 Å². The van der Waals surface area contributed by atoms with E-state index in [0.717, 1.165) is 15.6 Å². The lowest BCUT2D eigenvalue weighted by atomic mass is 10.2. The van der Waals surface area contributed by atoms with Gasteiger partial charge in [0.25, 0.3) is 5.91 Å². The molecule has 0 aliphatic rings. The summed E-state index contributed by atoms with van der Waals surface area (Å²) >= 11 is 0.969. The topological polar surface area (TPSA) is 153 Å². The van der Waals surface area contributed by atoms with Gasteiger partial charge in [-0.2, -0.15) is 14.8 Å². The second-order valence-electron chi connectivity index (χ2n) is 6.12. The Morgan fingerprint density at radius 1 is 1.16 bits per heavy atom. The number of aryl methyl sites for hydroxylation is 1. The fraction of sp³-hybridized carbons (Fsp3) is 0.316. The number of hydrogen-bond acceptors (Lipinski definition) is 9. The monoisotopic (exact) mass is 461 g/mol. The van der Waals surface area contributed by atoms with Crippen molar-refractivity contribution in [2.24, 2.45) is 0 Å². The second kappa shape index (κ2) is 10.6. The molecule has 0 atom stereocenters. The van der Waals surface area contributed by atoms with Gasteiger partial charge in [-0.15, -0.1) is 0 Å². The summed E-state index contributed by atoms with van der Waals surface area (Å²) in [5.74, 6) is -1.08. The molecule has 12 heteroatoms. The predicted molar refractivity (Wildman–Crippen MR) is 112 cm³/mol. The van der Waals surface area contributed by atoms with Gasteiger partial charge >= 0.3 is 5.97 Å². The van der Waals surface area contributed by atoms with Gasteiger partial charge in [0.1, 0.15) is 4.88 Å². The van der Waals surface area contributed by atoms with Gasteiger partial charge in [-0.1, -0.05) is 11.3 Å². The molecule has 31 heavy (non-hydrogen) atoms. The number of aromatic nitrogens is 1. The van der Waals surface area contributed by atoms with Gasteiger partial charge in [0.15, 0.2) is 5.13 Å². The molecule has 0 saturated heterocycles. The molecule has 2 aromatic rings. The van der Waals surface area contributed by atoms with E-state index in [-0.39, 0.29) is 46.4 Å². The summed E-state index contributed by atoms with van der Waals surface area (Å²) < 4.78 is 31.3.